The van der Waals surface area contributed by atoms with Gasteiger partial charge in [0.1, 0.15) is 11.4 Å². The van der Waals surface area contributed by atoms with E-state index >= 15 is 0 Å². The summed E-state index contributed by atoms with van der Waals surface area (Å²) in [7, 11) is 0. The molecule has 0 amide bonds. The molecule has 4 rings (SSSR count). The summed E-state index contributed by atoms with van der Waals surface area (Å²) in [5, 5.41) is 10.9. The van der Waals surface area contributed by atoms with Crippen LogP contribution in [0.4, 0.5) is 0 Å². The van der Waals surface area contributed by atoms with Crippen LogP contribution >= 0.6 is 0 Å². The van der Waals surface area contributed by atoms with E-state index in [0.717, 1.165) is 29.5 Å². The number of fused-ring (bicyclic) bond motifs is 2. The summed E-state index contributed by atoms with van der Waals surface area (Å²) in [5.74, 6) is -0.195. The molecule has 1 heterocycles. The van der Waals surface area contributed by atoms with Gasteiger partial charge in [-0.3, -0.25) is 4.79 Å². The third-order valence-electron chi connectivity index (χ3n) is 5.41. The lowest BCUT2D eigenvalue weighted by molar-refractivity contribution is 0.0698. The summed E-state index contributed by atoms with van der Waals surface area (Å²) >= 11 is 0. The fourth-order valence-electron chi connectivity index (χ4n) is 3.83. The second-order valence-corrected chi connectivity index (χ2v) is 8.01. The number of aryl methyl sites for hydroxylation is 2. The lowest BCUT2D eigenvalue weighted by Gasteiger charge is -2.32. The van der Waals surface area contributed by atoms with Gasteiger partial charge in [0.15, 0.2) is 5.78 Å². The van der Waals surface area contributed by atoms with E-state index in [9.17, 15) is 14.7 Å². The Kier molecular flexibility index (Phi) is 4.22. The molecule has 1 aliphatic rings. The smallest absolute Gasteiger partial charge is 0.336 e. The largest absolute Gasteiger partial charge is 0.488 e. The SMILES string of the molecule is Cc1ccc2cc(C(=O)c3ccc4c(c3)CCC(C)(C)O4)ccc2c1C(=O)O. The first-order valence-corrected chi connectivity index (χ1v) is 9.38. The van der Waals surface area contributed by atoms with Crippen LogP contribution in [0.5, 0.6) is 5.75 Å². The van der Waals surface area contributed by atoms with Gasteiger partial charge in [0.25, 0.3) is 0 Å². The van der Waals surface area contributed by atoms with Crippen LogP contribution in [0.2, 0.25) is 0 Å². The number of rotatable bonds is 3. The number of ether oxygens (including phenoxy) is 1. The zero-order chi connectivity index (χ0) is 20.1. The fourth-order valence-corrected chi connectivity index (χ4v) is 3.83. The van der Waals surface area contributed by atoms with E-state index in [1.807, 2.05) is 18.2 Å². The monoisotopic (exact) mass is 374 g/mol. The summed E-state index contributed by atoms with van der Waals surface area (Å²) in [6.07, 6.45) is 1.79. The molecule has 0 radical (unpaired) electrons. The molecule has 4 heteroatoms. The van der Waals surface area contributed by atoms with Gasteiger partial charge in [0, 0.05) is 11.1 Å². The molecule has 1 aliphatic heterocycles. The fraction of sp³-hybridized carbons (Fsp3) is 0.250. The first-order valence-electron chi connectivity index (χ1n) is 9.38. The molecule has 3 aromatic rings. The van der Waals surface area contributed by atoms with E-state index < -0.39 is 5.97 Å². The first kappa shape index (κ1) is 18.2. The maximum Gasteiger partial charge on any atom is 0.336 e. The molecular weight excluding hydrogens is 352 g/mol. The van der Waals surface area contributed by atoms with Crippen molar-refractivity contribution in [1.29, 1.82) is 0 Å². The lowest BCUT2D eigenvalue weighted by Crippen LogP contribution is -2.32. The van der Waals surface area contributed by atoms with E-state index in [4.69, 9.17) is 4.74 Å². The molecule has 28 heavy (non-hydrogen) atoms. The predicted octanol–water partition coefficient (Wildman–Crippen LogP) is 5.18. The first-order chi connectivity index (χ1) is 13.2. The maximum atomic E-state index is 13.0. The van der Waals surface area contributed by atoms with Crippen molar-refractivity contribution >= 4 is 22.5 Å². The zero-order valence-corrected chi connectivity index (χ0v) is 16.2. The molecule has 4 nitrogen and oxygen atoms in total. The Morgan fingerprint density at radius 2 is 1.71 bits per heavy atom. The Bertz CT molecular complexity index is 1120. The molecule has 142 valence electrons. The van der Waals surface area contributed by atoms with Crippen molar-refractivity contribution in [1.82, 2.24) is 0 Å². The third-order valence-corrected chi connectivity index (χ3v) is 5.41. The Balaban J connectivity index is 1.72. The Morgan fingerprint density at radius 1 is 1.00 bits per heavy atom. The summed E-state index contributed by atoms with van der Waals surface area (Å²) in [4.78, 5) is 24.6. The van der Waals surface area contributed by atoms with Crippen molar-refractivity contribution in [2.24, 2.45) is 0 Å². The number of benzene rings is 3. The number of carbonyl (C=O) groups excluding carboxylic acids is 1. The number of ketones is 1. The number of carbonyl (C=O) groups is 2. The van der Waals surface area contributed by atoms with Crippen molar-refractivity contribution in [2.75, 3.05) is 0 Å². The van der Waals surface area contributed by atoms with Crippen LogP contribution in [-0.2, 0) is 6.42 Å². The van der Waals surface area contributed by atoms with E-state index in [-0.39, 0.29) is 16.9 Å². The topological polar surface area (TPSA) is 63.6 Å². The van der Waals surface area contributed by atoms with E-state index in [2.05, 4.69) is 13.8 Å². The maximum absolute atomic E-state index is 13.0. The van der Waals surface area contributed by atoms with Crippen molar-refractivity contribution in [3.8, 4) is 5.75 Å². The van der Waals surface area contributed by atoms with Crippen molar-refractivity contribution in [2.45, 2.75) is 39.2 Å². The molecule has 0 bridgehead atoms. The molecule has 3 aromatic carbocycles. The number of hydrogen-bond donors (Lipinski definition) is 1. The van der Waals surface area contributed by atoms with Crippen molar-refractivity contribution in [3.63, 3.8) is 0 Å². The van der Waals surface area contributed by atoms with Gasteiger partial charge < -0.3 is 9.84 Å². The van der Waals surface area contributed by atoms with Crippen LogP contribution in [0.1, 0.15) is 57.7 Å². The highest BCUT2D eigenvalue weighted by atomic mass is 16.5. The molecule has 0 aromatic heterocycles. The number of aromatic carboxylic acids is 1. The highest BCUT2D eigenvalue weighted by Gasteiger charge is 2.27. The predicted molar refractivity (Wildman–Crippen MR) is 109 cm³/mol. The Hall–Kier alpha value is -3.14. The quantitative estimate of drug-likeness (QED) is 0.642. The molecule has 0 saturated carbocycles. The van der Waals surface area contributed by atoms with Gasteiger partial charge in [0.05, 0.1) is 5.56 Å². The standard InChI is InChI=1S/C24H22O4/c1-14-4-5-15-12-17(6-8-19(15)21(14)23(26)27)22(25)18-7-9-20-16(13-18)10-11-24(2,3)28-20/h4-9,12-13H,10-11H2,1-3H3,(H,26,27). The summed E-state index contributed by atoms with van der Waals surface area (Å²) in [6, 6.07) is 14.4. The molecule has 0 aliphatic carbocycles. The number of carboxylic acids is 1. The minimum atomic E-state index is -0.959. The van der Waals surface area contributed by atoms with Gasteiger partial charge in [-0.1, -0.05) is 24.3 Å². The molecule has 0 saturated heterocycles. The summed E-state index contributed by atoms with van der Waals surface area (Å²) in [5.41, 5.74) is 3.02. The van der Waals surface area contributed by atoms with Crippen LogP contribution in [0.15, 0.2) is 48.5 Å². The van der Waals surface area contributed by atoms with Gasteiger partial charge >= 0.3 is 5.97 Å². The Morgan fingerprint density at radius 3 is 2.46 bits per heavy atom. The minimum absolute atomic E-state index is 0.0769. The van der Waals surface area contributed by atoms with Gasteiger partial charge in [0.2, 0.25) is 0 Å². The van der Waals surface area contributed by atoms with Crippen LogP contribution in [0.25, 0.3) is 10.8 Å². The van der Waals surface area contributed by atoms with Gasteiger partial charge in [-0.15, -0.1) is 0 Å². The second kappa shape index (κ2) is 6.48. The average Bonchev–Trinajstić information content (AvgIpc) is 2.65. The van der Waals surface area contributed by atoms with E-state index in [0.29, 0.717) is 22.1 Å². The molecule has 0 spiro atoms. The average molecular weight is 374 g/mol. The van der Waals surface area contributed by atoms with Crippen LogP contribution < -0.4 is 4.74 Å². The molecule has 1 N–H and O–H groups in total. The molecule has 0 atom stereocenters. The Labute approximate surface area is 163 Å². The highest BCUT2D eigenvalue weighted by molar-refractivity contribution is 6.12. The van der Waals surface area contributed by atoms with Crippen LogP contribution in [-0.4, -0.2) is 22.5 Å². The zero-order valence-electron chi connectivity index (χ0n) is 16.2. The van der Waals surface area contributed by atoms with E-state index in [1.54, 1.807) is 37.3 Å². The van der Waals surface area contributed by atoms with Crippen molar-refractivity contribution in [3.05, 3.63) is 76.3 Å². The number of carboxylic acid groups (broad SMARTS) is 1. The minimum Gasteiger partial charge on any atom is -0.488 e. The number of hydrogen-bond acceptors (Lipinski definition) is 3. The third kappa shape index (κ3) is 3.15. The lowest BCUT2D eigenvalue weighted by atomic mass is 9.91. The van der Waals surface area contributed by atoms with Gasteiger partial charge in [-0.2, -0.15) is 0 Å². The van der Waals surface area contributed by atoms with Crippen LogP contribution in [0, 0.1) is 6.92 Å². The van der Waals surface area contributed by atoms with Crippen molar-refractivity contribution < 1.29 is 19.4 Å². The molecular formula is C24H22O4. The van der Waals surface area contributed by atoms with E-state index in [1.165, 1.54) is 0 Å². The highest BCUT2D eigenvalue weighted by Crippen LogP contribution is 2.34. The van der Waals surface area contributed by atoms with Crippen LogP contribution in [0.3, 0.4) is 0 Å². The molecule has 0 unspecified atom stereocenters. The molecule has 0 fully saturated rings. The van der Waals surface area contributed by atoms with Gasteiger partial charge in [-0.25, -0.2) is 4.79 Å². The summed E-state index contributed by atoms with van der Waals surface area (Å²) in [6.45, 7) is 5.91. The summed E-state index contributed by atoms with van der Waals surface area (Å²) < 4.78 is 6.00. The van der Waals surface area contributed by atoms with Gasteiger partial charge in [-0.05, 0) is 79.8 Å². The normalized spacial score (nSPS) is 15.0. The second-order valence-electron chi connectivity index (χ2n) is 8.01.